The lowest BCUT2D eigenvalue weighted by atomic mass is 9.97. The molecule has 232 valence electrons. The van der Waals surface area contributed by atoms with Gasteiger partial charge >= 0.3 is 6.09 Å². The van der Waals surface area contributed by atoms with Crippen LogP contribution in [0.15, 0.2) is 72.1 Å². The van der Waals surface area contributed by atoms with E-state index in [4.69, 9.17) is 19.6 Å². The van der Waals surface area contributed by atoms with Crippen LogP contribution >= 0.6 is 0 Å². The molecule has 0 radical (unpaired) electrons. The number of aliphatic hydroxyl groups is 1. The molecule has 3 aromatic rings. The number of rotatable bonds is 14. The molecule has 1 heterocycles. The third-order valence-corrected chi connectivity index (χ3v) is 6.04. The molecule has 0 saturated heterocycles. The molecule has 0 aliphatic rings. The van der Waals surface area contributed by atoms with Gasteiger partial charge in [-0.15, -0.1) is 0 Å². The van der Waals surface area contributed by atoms with Gasteiger partial charge in [-0.05, 0) is 66.9 Å². The van der Waals surface area contributed by atoms with Gasteiger partial charge in [-0.2, -0.15) is 5.10 Å². The van der Waals surface area contributed by atoms with Crippen molar-refractivity contribution in [1.82, 2.24) is 20.2 Å². The number of hydrogen-bond acceptors (Lipinski definition) is 12. The SMILES string of the molecule is C=C(C)COC(=O)NC(=N)c1ccc(N[C@@H](/C(=N/Nc2ncccn2)N(C)C=O)c2cc(OC)cc(OCCO)c2C)cc1. The van der Waals surface area contributed by atoms with Gasteiger partial charge in [0.15, 0.2) is 5.84 Å². The van der Waals surface area contributed by atoms with Crippen LogP contribution in [-0.2, 0) is 9.53 Å². The molecule has 0 aliphatic heterocycles. The van der Waals surface area contributed by atoms with E-state index in [9.17, 15) is 14.7 Å². The van der Waals surface area contributed by atoms with Crippen LogP contribution in [0.2, 0.25) is 0 Å². The molecule has 14 nitrogen and oxygen atoms in total. The van der Waals surface area contributed by atoms with Crippen LogP contribution < -0.4 is 25.5 Å². The van der Waals surface area contributed by atoms with Crippen molar-refractivity contribution in [2.75, 3.05) is 44.7 Å². The summed E-state index contributed by atoms with van der Waals surface area (Å²) < 4.78 is 16.3. The number of carbonyl (C=O) groups is 2. The molecule has 5 N–H and O–H groups in total. The minimum absolute atomic E-state index is 0.0458. The zero-order valence-corrected chi connectivity index (χ0v) is 25.0. The van der Waals surface area contributed by atoms with Crippen LogP contribution in [0.4, 0.5) is 16.4 Å². The van der Waals surface area contributed by atoms with Crippen molar-refractivity contribution < 1.29 is 28.9 Å². The van der Waals surface area contributed by atoms with E-state index in [2.05, 4.69) is 37.7 Å². The highest BCUT2D eigenvalue weighted by atomic mass is 16.5. The normalized spacial score (nSPS) is 11.5. The summed E-state index contributed by atoms with van der Waals surface area (Å²) in [5.74, 6) is 1.27. The van der Waals surface area contributed by atoms with Crippen molar-refractivity contribution in [3.63, 3.8) is 0 Å². The van der Waals surface area contributed by atoms with E-state index in [1.165, 1.54) is 12.0 Å². The predicted molar refractivity (Wildman–Crippen MR) is 166 cm³/mol. The molecule has 0 spiro atoms. The molecule has 1 atom stereocenters. The molecule has 2 amide bonds. The molecule has 0 unspecified atom stereocenters. The van der Waals surface area contributed by atoms with E-state index < -0.39 is 12.1 Å². The van der Waals surface area contributed by atoms with Gasteiger partial charge < -0.3 is 29.5 Å². The molecule has 3 rings (SSSR count). The number of alkyl carbamates (subject to hydrolysis) is 1. The Morgan fingerprint density at radius 3 is 2.55 bits per heavy atom. The zero-order valence-electron chi connectivity index (χ0n) is 25.0. The van der Waals surface area contributed by atoms with Gasteiger partial charge in [0, 0.05) is 36.8 Å². The number of likely N-dealkylation sites (N-methyl/N-ethyl adjacent to an activating group) is 1. The van der Waals surface area contributed by atoms with Gasteiger partial charge in [0.05, 0.1) is 13.7 Å². The Balaban J connectivity index is 2.02. The standard InChI is InChI=1S/C30H36N8O6/c1-19(2)17-44-30(41)35-27(31)21-7-9-22(10-8-21)34-26(24-15-23(42-5)16-25(20(24)3)43-14-13-39)28(38(4)18-40)36-37-29-32-11-6-12-33-29/h6-12,15-16,18,26,34,39H,1,13-14,17H2,2-5H3,(H2,31,35,41)(H,32,33,37)/b36-28-/t26-/m1/s1. The quantitative estimate of drug-likeness (QED) is 0.0600. The smallest absolute Gasteiger partial charge is 0.413 e. The molecule has 2 aromatic carbocycles. The van der Waals surface area contributed by atoms with E-state index >= 15 is 0 Å². The first-order valence-electron chi connectivity index (χ1n) is 13.4. The van der Waals surface area contributed by atoms with Crippen molar-refractivity contribution >= 4 is 35.8 Å². The van der Waals surface area contributed by atoms with Crippen molar-refractivity contribution in [2.45, 2.75) is 19.9 Å². The van der Waals surface area contributed by atoms with Gasteiger partial charge in [-0.3, -0.25) is 15.5 Å². The first-order valence-corrected chi connectivity index (χ1v) is 13.4. The number of hydrazone groups is 1. The van der Waals surface area contributed by atoms with Crippen molar-refractivity contribution in [2.24, 2.45) is 5.10 Å². The fraction of sp³-hybridized carbons (Fsp3) is 0.267. The van der Waals surface area contributed by atoms with Crippen LogP contribution in [-0.4, -0.2) is 78.1 Å². The molecule has 1 aromatic heterocycles. The third kappa shape index (κ3) is 9.25. The molecule has 0 aliphatic carbocycles. The summed E-state index contributed by atoms with van der Waals surface area (Å²) in [6.45, 7) is 7.17. The Morgan fingerprint density at radius 1 is 1.23 bits per heavy atom. The summed E-state index contributed by atoms with van der Waals surface area (Å²) in [5.41, 5.74) is 5.85. The third-order valence-electron chi connectivity index (χ3n) is 6.04. The summed E-state index contributed by atoms with van der Waals surface area (Å²) in [6, 6.07) is 11.1. The Morgan fingerprint density at radius 2 is 1.93 bits per heavy atom. The van der Waals surface area contributed by atoms with Crippen LogP contribution in [0.3, 0.4) is 0 Å². The second kappa shape index (κ2) is 16.2. The summed E-state index contributed by atoms with van der Waals surface area (Å²) in [6.07, 6.45) is 2.95. The van der Waals surface area contributed by atoms with Gasteiger partial charge in [0.1, 0.15) is 36.6 Å². The number of nitrogens with one attached hydrogen (secondary N) is 4. The van der Waals surface area contributed by atoms with Crippen LogP contribution in [0.5, 0.6) is 11.5 Å². The van der Waals surface area contributed by atoms with Crippen LogP contribution in [0.25, 0.3) is 0 Å². The minimum Gasteiger partial charge on any atom is -0.497 e. The number of benzene rings is 2. The van der Waals surface area contributed by atoms with E-state index in [1.807, 2.05) is 6.92 Å². The highest BCUT2D eigenvalue weighted by Gasteiger charge is 2.27. The molecule has 44 heavy (non-hydrogen) atoms. The number of amides is 2. The fourth-order valence-electron chi connectivity index (χ4n) is 3.85. The summed E-state index contributed by atoms with van der Waals surface area (Å²) >= 11 is 0. The number of methoxy groups -OCH3 is 1. The first-order chi connectivity index (χ1) is 21.2. The van der Waals surface area contributed by atoms with Gasteiger partial charge in [0.25, 0.3) is 0 Å². The average Bonchev–Trinajstić information content (AvgIpc) is 3.03. The minimum atomic E-state index is -0.770. The lowest BCUT2D eigenvalue weighted by Gasteiger charge is -2.28. The highest BCUT2D eigenvalue weighted by Crippen LogP contribution is 2.34. The maximum Gasteiger partial charge on any atom is 0.413 e. The Bertz CT molecular complexity index is 1480. The fourth-order valence-corrected chi connectivity index (χ4v) is 3.85. The number of carbonyl (C=O) groups excluding carboxylic acids is 2. The summed E-state index contributed by atoms with van der Waals surface area (Å²) in [5, 5.41) is 27.9. The molecule has 14 heteroatoms. The number of amidine groups is 2. The zero-order chi connectivity index (χ0) is 32.1. The Labute approximate surface area is 255 Å². The maximum absolute atomic E-state index is 12.1. The lowest BCUT2D eigenvalue weighted by Crippen LogP contribution is -2.36. The average molecular weight is 605 g/mol. The molecular formula is C30H36N8O6. The number of nitrogens with zero attached hydrogens (tertiary/aromatic N) is 4. The van der Waals surface area contributed by atoms with Crippen LogP contribution in [0.1, 0.15) is 29.7 Å². The van der Waals surface area contributed by atoms with Gasteiger partial charge in [-0.25, -0.2) is 20.2 Å². The van der Waals surface area contributed by atoms with Crippen molar-refractivity contribution in [3.8, 4) is 11.5 Å². The monoisotopic (exact) mass is 604 g/mol. The van der Waals surface area contributed by atoms with Crippen molar-refractivity contribution in [3.05, 3.63) is 83.7 Å². The predicted octanol–water partition coefficient (Wildman–Crippen LogP) is 3.46. The van der Waals surface area contributed by atoms with Crippen molar-refractivity contribution in [1.29, 1.82) is 5.41 Å². The maximum atomic E-state index is 12.1. The molecule has 0 fully saturated rings. The number of aliphatic hydroxyl groups excluding tert-OH is 1. The number of hydrogen-bond donors (Lipinski definition) is 5. The summed E-state index contributed by atoms with van der Waals surface area (Å²) in [7, 11) is 3.07. The van der Waals surface area contributed by atoms with Gasteiger partial charge in [-0.1, -0.05) is 6.58 Å². The largest absolute Gasteiger partial charge is 0.497 e. The lowest BCUT2D eigenvalue weighted by molar-refractivity contribution is -0.114. The first kappa shape index (κ1) is 33.0. The van der Waals surface area contributed by atoms with E-state index in [0.29, 0.717) is 45.9 Å². The number of ether oxygens (including phenoxy) is 3. The highest BCUT2D eigenvalue weighted by molar-refractivity contribution is 6.04. The topological polar surface area (TPSA) is 183 Å². The second-order valence-electron chi connectivity index (χ2n) is 9.47. The molecular weight excluding hydrogens is 568 g/mol. The van der Waals surface area contributed by atoms with E-state index in [-0.39, 0.29) is 37.4 Å². The Kier molecular flexibility index (Phi) is 12.2. The van der Waals surface area contributed by atoms with E-state index in [0.717, 1.165) is 0 Å². The molecule has 0 saturated carbocycles. The second-order valence-corrected chi connectivity index (χ2v) is 9.47. The Hall–Kier alpha value is -5.50. The number of anilines is 2. The van der Waals surface area contributed by atoms with Crippen LogP contribution in [0, 0.1) is 12.3 Å². The number of aromatic nitrogens is 2. The van der Waals surface area contributed by atoms with E-state index in [1.54, 1.807) is 68.8 Å². The molecule has 0 bridgehead atoms. The summed E-state index contributed by atoms with van der Waals surface area (Å²) in [4.78, 5) is 33.6. The van der Waals surface area contributed by atoms with Gasteiger partial charge in [0.2, 0.25) is 12.4 Å².